The van der Waals surface area contributed by atoms with Crippen LogP contribution in [0.2, 0.25) is 0 Å². The molecule has 0 rings (SSSR count). The van der Waals surface area contributed by atoms with E-state index in [9.17, 15) is 4.79 Å². The van der Waals surface area contributed by atoms with Gasteiger partial charge in [-0.05, 0) is 20.3 Å². The normalized spacial score (nSPS) is 11.4. The van der Waals surface area contributed by atoms with E-state index in [2.05, 4.69) is 6.92 Å². The van der Waals surface area contributed by atoms with Crippen LogP contribution in [0.25, 0.3) is 0 Å². The summed E-state index contributed by atoms with van der Waals surface area (Å²) in [6, 6.07) is 0. The molecule has 0 fully saturated rings. The minimum Gasteiger partial charge on any atom is -0.465 e. The number of amides is 1. The number of nitrogens with zero attached hydrogens (tertiary/aromatic N) is 1. The smallest absolute Gasteiger partial charge is 0.411 e. The van der Waals surface area contributed by atoms with Gasteiger partial charge in [-0.25, -0.2) is 4.79 Å². The second-order valence-corrected chi connectivity index (χ2v) is 2.79. The summed E-state index contributed by atoms with van der Waals surface area (Å²) < 4.78 is 0. The largest absolute Gasteiger partial charge is 0.465 e. The number of rotatable bonds is 4. The summed E-state index contributed by atoms with van der Waals surface area (Å²) in [6.07, 6.45) is 2.84. The molecule has 12 heavy (non-hydrogen) atoms. The third-order valence-electron chi connectivity index (χ3n) is 1.61. The van der Waals surface area contributed by atoms with Crippen molar-refractivity contribution in [3.8, 4) is 0 Å². The molecule has 0 unspecified atom stereocenters. The first-order chi connectivity index (χ1) is 5.61. The van der Waals surface area contributed by atoms with Crippen LogP contribution in [0.1, 0.15) is 33.6 Å². The van der Waals surface area contributed by atoms with E-state index >= 15 is 0 Å². The van der Waals surface area contributed by atoms with E-state index in [1.165, 1.54) is 4.90 Å². The van der Waals surface area contributed by atoms with Crippen LogP contribution >= 0.6 is 0 Å². The van der Waals surface area contributed by atoms with Crippen molar-refractivity contribution >= 4 is 6.09 Å². The van der Waals surface area contributed by atoms with Gasteiger partial charge in [-0.3, -0.25) is 4.90 Å². The van der Waals surface area contributed by atoms with Crippen molar-refractivity contribution in [3.63, 3.8) is 0 Å². The number of carbonyl (C=O) groups is 1. The van der Waals surface area contributed by atoms with Crippen molar-refractivity contribution in [3.05, 3.63) is 11.8 Å². The summed E-state index contributed by atoms with van der Waals surface area (Å²) in [5.41, 5.74) is 1.11. The summed E-state index contributed by atoms with van der Waals surface area (Å²) >= 11 is 0. The molecule has 0 spiro atoms. The molecule has 0 saturated carbocycles. The zero-order chi connectivity index (χ0) is 9.56. The second kappa shape index (κ2) is 5.63. The Balaban J connectivity index is 4.15. The Bertz CT molecular complexity index is 175. The van der Waals surface area contributed by atoms with Gasteiger partial charge in [0.25, 0.3) is 0 Å². The molecule has 1 amide bonds. The molecule has 3 nitrogen and oxygen atoms in total. The summed E-state index contributed by atoms with van der Waals surface area (Å²) in [7, 11) is 0. The Morgan fingerprint density at radius 2 is 2.08 bits per heavy atom. The topological polar surface area (TPSA) is 40.5 Å². The molecular weight excluding hydrogens is 154 g/mol. The first kappa shape index (κ1) is 11.0. The first-order valence-corrected chi connectivity index (χ1v) is 4.28. The first-order valence-electron chi connectivity index (χ1n) is 4.28. The maximum atomic E-state index is 10.6. The third kappa shape index (κ3) is 4.01. The van der Waals surface area contributed by atoms with Crippen LogP contribution in [-0.4, -0.2) is 22.6 Å². The molecule has 3 heteroatoms. The van der Waals surface area contributed by atoms with E-state index in [1.54, 1.807) is 6.20 Å². The van der Waals surface area contributed by atoms with Crippen LogP contribution in [0.4, 0.5) is 4.79 Å². The van der Waals surface area contributed by atoms with Crippen LogP contribution in [0, 0.1) is 0 Å². The van der Waals surface area contributed by atoms with Gasteiger partial charge in [-0.15, -0.1) is 0 Å². The molecule has 0 aliphatic rings. The highest BCUT2D eigenvalue weighted by Crippen LogP contribution is 2.05. The Kier molecular flexibility index (Phi) is 5.17. The quantitative estimate of drug-likeness (QED) is 0.706. The molecule has 1 N–H and O–H groups in total. The van der Waals surface area contributed by atoms with E-state index in [4.69, 9.17) is 5.11 Å². The summed E-state index contributed by atoms with van der Waals surface area (Å²) in [5.74, 6) is 0. The number of hydrogen-bond acceptors (Lipinski definition) is 1. The predicted molar refractivity (Wildman–Crippen MR) is 49.1 cm³/mol. The van der Waals surface area contributed by atoms with Gasteiger partial charge < -0.3 is 5.11 Å². The second-order valence-electron chi connectivity index (χ2n) is 2.79. The maximum Gasteiger partial charge on any atom is 0.411 e. The fourth-order valence-corrected chi connectivity index (χ4v) is 1.01. The zero-order valence-electron chi connectivity index (χ0n) is 8.00. The highest BCUT2D eigenvalue weighted by molar-refractivity contribution is 5.66. The van der Waals surface area contributed by atoms with E-state index in [-0.39, 0.29) is 0 Å². The summed E-state index contributed by atoms with van der Waals surface area (Å²) in [5, 5.41) is 8.67. The van der Waals surface area contributed by atoms with Gasteiger partial charge in [0.05, 0.1) is 0 Å². The Labute approximate surface area is 73.7 Å². The number of carboxylic acid groups (broad SMARTS) is 1. The highest BCUT2D eigenvalue weighted by atomic mass is 16.4. The van der Waals surface area contributed by atoms with Crippen LogP contribution in [-0.2, 0) is 0 Å². The predicted octanol–water partition coefficient (Wildman–Crippen LogP) is 2.69. The average molecular weight is 171 g/mol. The van der Waals surface area contributed by atoms with Crippen molar-refractivity contribution < 1.29 is 9.90 Å². The fourth-order valence-electron chi connectivity index (χ4n) is 1.01. The third-order valence-corrected chi connectivity index (χ3v) is 1.61. The van der Waals surface area contributed by atoms with Crippen LogP contribution < -0.4 is 0 Å². The molecule has 70 valence electrons. The number of allylic oxidation sites excluding steroid dienone is 1. The Morgan fingerprint density at radius 3 is 2.42 bits per heavy atom. The van der Waals surface area contributed by atoms with Crippen molar-refractivity contribution in [1.29, 1.82) is 0 Å². The summed E-state index contributed by atoms with van der Waals surface area (Å²) in [4.78, 5) is 11.8. The standard InChI is InChI=1S/C9H17NO2/c1-4-6-8(3)7-10(5-2)9(11)12/h7H,4-6H2,1-3H3,(H,11,12)/b8-7+. The lowest BCUT2D eigenvalue weighted by Gasteiger charge is -2.12. The van der Waals surface area contributed by atoms with Gasteiger partial charge in [0.15, 0.2) is 0 Å². The molecule has 0 bridgehead atoms. The lowest BCUT2D eigenvalue weighted by molar-refractivity contribution is 0.164. The lowest BCUT2D eigenvalue weighted by Crippen LogP contribution is -2.23. The average Bonchev–Trinajstić information content (AvgIpc) is 2.00. The molecule has 0 aromatic heterocycles. The van der Waals surface area contributed by atoms with Gasteiger partial charge in [-0.1, -0.05) is 18.9 Å². The monoisotopic (exact) mass is 171 g/mol. The minimum atomic E-state index is -0.882. The molecule has 0 atom stereocenters. The zero-order valence-corrected chi connectivity index (χ0v) is 8.00. The SMILES string of the molecule is CCC/C(C)=C/N(CC)C(=O)O. The molecule has 0 saturated heterocycles. The van der Waals surface area contributed by atoms with Gasteiger partial charge in [0.1, 0.15) is 0 Å². The van der Waals surface area contributed by atoms with Crippen molar-refractivity contribution in [2.24, 2.45) is 0 Å². The van der Waals surface area contributed by atoms with E-state index in [0.29, 0.717) is 6.54 Å². The fraction of sp³-hybridized carbons (Fsp3) is 0.667. The van der Waals surface area contributed by atoms with Gasteiger partial charge in [0.2, 0.25) is 0 Å². The van der Waals surface area contributed by atoms with Crippen LogP contribution in [0.15, 0.2) is 11.8 Å². The minimum absolute atomic E-state index is 0.510. The molecule has 0 aromatic rings. The van der Waals surface area contributed by atoms with E-state index < -0.39 is 6.09 Å². The van der Waals surface area contributed by atoms with E-state index in [0.717, 1.165) is 18.4 Å². The molecule has 0 aliphatic heterocycles. The maximum absolute atomic E-state index is 10.6. The summed E-state index contributed by atoms with van der Waals surface area (Å²) in [6.45, 7) is 6.36. The molecule has 0 aromatic carbocycles. The van der Waals surface area contributed by atoms with E-state index in [1.807, 2.05) is 13.8 Å². The van der Waals surface area contributed by atoms with Crippen LogP contribution in [0.5, 0.6) is 0 Å². The highest BCUT2D eigenvalue weighted by Gasteiger charge is 2.04. The number of hydrogen-bond donors (Lipinski definition) is 1. The molecule has 0 heterocycles. The Hall–Kier alpha value is -0.990. The van der Waals surface area contributed by atoms with Gasteiger partial charge >= 0.3 is 6.09 Å². The van der Waals surface area contributed by atoms with Gasteiger partial charge in [0, 0.05) is 12.7 Å². The molecule has 0 radical (unpaired) electrons. The van der Waals surface area contributed by atoms with Crippen molar-refractivity contribution in [2.75, 3.05) is 6.54 Å². The Morgan fingerprint density at radius 1 is 1.50 bits per heavy atom. The van der Waals surface area contributed by atoms with Crippen molar-refractivity contribution in [1.82, 2.24) is 4.90 Å². The molecular formula is C9H17NO2. The van der Waals surface area contributed by atoms with Crippen molar-refractivity contribution in [2.45, 2.75) is 33.6 Å². The van der Waals surface area contributed by atoms with Gasteiger partial charge in [-0.2, -0.15) is 0 Å². The lowest BCUT2D eigenvalue weighted by atomic mass is 10.2. The van der Waals surface area contributed by atoms with Crippen LogP contribution in [0.3, 0.4) is 0 Å². The molecule has 0 aliphatic carbocycles.